The maximum Gasteiger partial charge on any atom is 0.317 e. The number of rotatable bonds is 5. The van der Waals surface area contributed by atoms with E-state index in [-0.39, 0.29) is 30.7 Å². The fraction of sp³-hybridized carbons (Fsp3) is 0.500. The molecule has 1 fully saturated rings. The molecule has 2 rings (SSSR count). The Morgan fingerprint density at radius 3 is 2.61 bits per heavy atom. The average Bonchev–Trinajstić information content (AvgIpc) is 2.50. The van der Waals surface area contributed by atoms with Gasteiger partial charge in [-0.1, -0.05) is 6.07 Å². The Bertz CT molecular complexity index is 589. The minimum atomic E-state index is -0.840. The van der Waals surface area contributed by atoms with Crippen LogP contribution in [0.4, 0.5) is 4.39 Å². The van der Waals surface area contributed by atoms with Gasteiger partial charge in [0.2, 0.25) is 5.91 Å². The molecule has 1 aliphatic rings. The van der Waals surface area contributed by atoms with E-state index in [1.54, 1.807) is 24.1 Å². The van der Waals surface area contributed by atoms with Crippen LogP contribution in [-0.4, -0.2) is 59.5 Å². The van der Waals surface area contributed by atoms with Crippen LogP contribution < -0.4 is 0 Å². The lowest BCUT2D eigenvalue weighted by Crippen LogP contribution is -2.47. The summed E-state index contributed by atoms with van der Waals surface area (Å²) in [6, 6.07) is 4.78. The van der Waals surface area contributed by atoms with Gasteiger partial charge in [0.05, 0.1) is 17.4 Å². The first-order chi connectivity index (χ1) is 10.9. The lowest BCUT2D eigenvalue weighted by Gasteiger charge is -2.36. The third-order valence-corrected chi connectivity index (χ3v) is 4.77. The van der Waals surface area contributed by atoms with Gasteiger partial charge in [-0.05, 0) is 53.5 Å². The third-order valence-electron chi connectivity index (χ3n) is 4.16. The molecule has 1 aliphatic heterocycles. The molecule has 1 N–H and O–H groups in total. The number of likely N-dealkylation sites (N-methyl/N-ethyl adjacent to an activating group) is 1. The lowest BCUT2D eigenvalue weighted by atomic mass is 10.0. The monoisotopic (exact) mass is 386 g/mol. The SMILES string of the molecule is CN(CC(=O)O)C1CCN(C(=O)Cc2ccc(F)c(Br)c2)CC1. The number of likely N-dealkylation sites (tertiary alicyclic amines) is 1. The predicted molar refractivity (Wildman–Crippen MR) is 87.7 cm³/mol. The first kappa shape index (κ1) is 17.9. The number of benzene rings is 1. The van der Waals surface area contributed by atoms with Gasteiger partial charge in [0.1, 0.15) is 5.82 Å². The summed E-state index contributed by atoms with van der Waals surface area (Å²) in [5.41, 5.74) is 0.772. The summed E-state index contributed by atoms with van der Waals surface area (Å²) < 4.78 is 13.6. The van der Waals surface area contributed by atoms with Crippen molar-refractivity contribution in [2.24, 2.45) is 0 Å². The second kappa shape index (κ2) is 7.88. The number of hydrogen-bond acceptors (Lipinski definition) is 3. The number of carbonyl (C=O) groups excluding carboxylic acids is 1. The van der Waals surface area contributed by atoms with Gasteiger partial charge in [0.25, 0.3) is 0 Å². The zero-order valence-corrected chi connectivity index (χ0v) is 14.6. The molecule has 0 spiro atoms. The van der Waals surface area contributed by atoms with Crippen LogP contribution in [0, 0.1) is 5.82 Å². The fourth-order valence-electron chi connectivity index (χ4n) is 2.83. The Hall–Kier alpha value is -1.47. The molecular weight excluding hydrogens is 367 g/mol. The summed E-state index contributed by atoms with van der Waals surface area (Å²) in [6.07, 6.45) is 1.78. The van der Waals surface area contributed by atoms with Crippen LogP contribution in [0.2, 0.25) is 0 Å². The van der Waals surface area contributed by atoms with E-state index in [1.165, 1.54) is 6.07 Å². The second-order valence-corrected chi connectivity index (χ2v) is 6.70. The van der Waals surface area contributed by atoms with Gasteiger partial charge in [0.15, 0.2) is 0 Å². The topological polar surface area (TPSA) is 60.9 Å². The number of aliphatic carboxylic acids is 1. The molecule has 23 heavy (non-hydrogen) atoms. The molecule has 126 valence electrons. The number of carbonyl (C=O) groups is 2. The molecule has 0 saturated carbocycles. The van der Waals surface area contributed by atoms with Gasteiger partial charge in [-0.2, -0.15) is 0 Å². The molecule has 0 atom stereocenters. The molecule has 0 unspecified atom stereocenters. The van der Waals surface area contributed by atoms with E-state index in [9.17, 15) is 14.0 Å². The number of piperidine rings is 1. The summed E-state index contributed by atoms with van der Waals surface area (Å²) in [7, 11) is 1.80. The van der Waals surface area contributed by atoms with E-state index in [4.69, 9.17) is 5.11 Å². The summed E-state index contributed by atoms with van der Waals surface area (Å²) in [4.78, 5) is 26.7. The van der Waals surface area contributed by atoms with Crippen molar-refractivity contribution in [3.05, 3.63) is 34.1 Å². The van der Waals surface area contributed by atoms with Crippen LogP contribution >= 0.6 is 15.9 Å². The van der Waals surface area contributed by atoms with Crippen molar-refractivity contribution >= 4 is 27.8 Å². The van der Waals surface area contributed by atoms with Crippen LogP contribution in [0.5, 0.6) is 0 Å². The Morgan fingerprint density at radius 1 is 1.39 bits per heavy atom. The quantitative estimate of drug-likeness (QED) is 0.841. The van der Waals surface area contributed by atoms with Crippen LogP contribution in [0.1, 0.15) is 18.4 Å². The molecule has 5 nitrogen and oxygen atoms in total. The molecule has 1 saturated heterocycles. The smallest absolute Gasteiger partial charge is 0.317 e. The largest absolute Gasteiger partial charge is 0.480 e. The Balaban J connectivity index is 1.86. The van der Waals surface area contributed by atoms with Crippen molar-refractivity contribution in [3.63, 3.8) is 0 Å². The predicted octanol–water partition coefficient (Wildman–Crippen LogP) is 2.14. The number of nitrogens with zero attached hydrogens (tertiary/aromatic N) is 2. The first-order valence-electron chi connectivity index (χ1n) is 7.50. The molecule has 0 radical (unpaired) electrons. The van der Waals surface area contributed by atoms with Gasteiger partial charge in [-0.15, -0.1) is 0 Å². The molecule has 1 aromatic carbocycles. The van der Waals surface area contributed by atoms with E-state index in [0.717, 1.165) is 18.4 Å². The Kier molecular flexibility index (Phi) is 6.12. The van der Waals surface area contributed by atoms with Crippen molar-refractivity contribution in [1.82, 2.24) is 9.80 Å². The van der Waals surface area contributed by atoms with E-state index in [0.29, 0.717) is 17.6 Å². The summed E-state index contributed by atoms with van der Waals surface area (Å²) in [5, 5.41) is 8.82. The summed E-state index contributed by atoms with van der Waals surface area (Å²) in [6.45, 7) is 1.26. The third kappa shape index (κ3) is 5.00. The minimum Gasteiger partial charge on any atom is -0.480 e. The van der Waals surface area contributed by atoms with Gasteiger partial charge in [-0.3, -0.25) is 14.5 Å². The summed E-state index contributed by atoms with van der Waals surface area (Å²) in [5.74, 6) is -1.17. The minimum absolute atomic E-state index is 0.0161. The normalized spacial score (nSPS) is 15.9. The van der Waals surface area contributed by atoms with Gasteiger partial charge in [0, 0.05) is 19.1 Å². The number of carboxylic acids is 1. The average molecular weight is 387 g/mol. The molecule has 1 amide bonds. The molecule has 1 aromatic rings. The molecule has 7 heteroatoms. The Morgan fingerprint density at radius 2 is 2.04 bits per heavy atom. The van der Waals surface area contributed by atoms with Crippen LogP contribution in [-0.2, 0) is 16.0 Å². The van der Waals surface area contributed by atoms with E-state index in [2.05, 4.69) is 15.9 Å². The highest BCUT2D eigenvalue weighted by atomic mass is 79.9. The number of amides is 1. The molecule has 0 bridgehead atoms. The number of carboxylic acid groups (broad SMARTS) is 1. The molecule has 0 aliphatic carbocycles. The van der Waals surface area contributed by atoms with Gasteiger partial charge >= 0.3 is 5.97 Å². The standard InChI is InChI=1S/C16H20BrFN2O3/c1-19(10-16(22)23)12-4-6-20(7-5-12)15(21)9-11-2-3-14(18)13(17)8-11/h2-3,8,12H,4-7,9-10H2,1H3,(H,22,23). The highest BCUT2D eigenvalue weighted by molar-refractivity contribution is 9.10. The zero-order chi connectivity index (χ0) is 17.0. The van der Waals surface area contributed by atoms with Crippen LogP contribution in [0.3, 0.4) is 0 Å². The summed E-state index contributed by atoms with van der Waals surface area (Å²) >= 11 is 3.12. The van der Waals surface area contributed by atoms with Gasteiger partial charge in [-0.25, -0.2) is 4.39 Å². The molecule has 0 aromatic heterocycles. The zero-order valence-electron chi connectivity index (χ0n) is 13.0. The maximum absolute atomic E-state index is 13.2. The molecule has 1 heterocycles. The van der Waals surface area contributed by atoms with Crippen LogP contribution in [0.25, 0.3) is 0 Å². The van der Waals surface area contributed by atoms with Crippen molar-refractivity contribution < 1.29 is 19.1 Å². The van der Waals surface area contributed by atoms with Crippen molar-refractivity contribution in [1.29, 1.82) is 0 Å². The van der Waals surface area contributed by atoms with Crippen molar-refractivity contribution in [3.8, 4) is 0 Å². The fourth-order valence-corrected chi connectivity index (χ4v) is 3.26. The van der Waals surface area contributed by atoms with Gasteiger partial charge < -0.3 is 10.0 Å². The number of halogens is 2. The van der Waals surface area contributed by atoms with E-state index < -0.39 is 5.97 Å². The molecular formula is C16H20BrFN2O3. The lowest BCUT2D eigenvalue weighted by molar-refractivity contribution is -0.139. The van der Waals surface area contributed by atoms with E-state index >= 15 is 0 Å². The number of hydrogen-bond donors (Lipinski definition) is 1. The highest BCUT2D eigenvalue weighted by Crippen LogP contribution is 2.19. The highest BCUT2D eigenvalue weighted by Gasteiger charge is 2.26. The van der Waals surface area contributed by atoms with E-state index in [1.807, 2.05) is 4.90 Å². The Labute approximate surface area is 143 Å². The van der Waals surface area contributed by atoms with Crippen LogP contribution in [0.15, 0.2) is 22.7 Å². The van der Waals surface area contributed by atoms with Crippen molar-refractivity contribution in [2.45, 2.75) is 25.3 Å². The second-order valence-electron chi connectivity index (χ2n) is 5.85. The van der Waals surface area contributed by atoms with Crippen molar-refractivity contribution in [2.75, 3.05) is 26.7 Å². The first-order valence-corrected chi connectivity index (χ1v) is 8.30. The maximum atomic E-state index is 13.2.